The lowest BCUT2D eigenvalue weighted by molar-refractivity contribution is 0.101. The van der Waals surface area contributed by atoms with Gasteiger partial charge in [0.1, 0.15) is 18.1 Å². The molecule has 0 fully saturated rings. The van der Waals surface area contributed by atoms with Gasteiger partial charge in [0.2, 0.25) is 5.78 Å². The highest BCUT2D eigenvalue weighted by atomic mass is 79.9. The summed E-state index contributed by atoms with van der Waals surface area (Å²) in [6.07, 6.45) is 1.72. The van der Waals surface area contributed by atoms with E-state index >= 15 is 0 Å². The lowest BCUT2D eigenvalue weighted by Crippen LogP contribution is -1.98. The minimum absolute atomic E-state index is 0.132. The van der Waals surface area contributed by atoms with Gasteiger partial charge in [0.15, 0.2) is 5.76 Å². The maximum absolute atomic E-state index is 12.7. The van der Waals surface area contributed by atoms with Crippen LogP contribution in [0.2, 0.25) is 5.02 Å². The van der Waals surface area contributed by atoms with Crippen molar-refractivity contribution in [1.29, 1.82) is 0 Å². The molecule has 0 amide bonds. The van der Waals surface area contributed by atoms with Crippen molar-refractivity contribution in [1.82, 2.24) is 0 Å². The third kappa shape index (κ3) is 3.84. The van der Waals surface area contributed by atoms with Crippen LogP contribution in [0.1, 0.15) is 27.0 Å². The largest absolute Gasteiger partial charge is 0.488 e. The van der Waals surface area contributed by atoms with E-state index in [2.05, 4.69) is 15.9 Å². The molecule has 0 saturated carbocycles. The number of benzene rings is 3. The number of carbonyl (C=O) groups excluding carboxylic acids is 1. The summed E-state index contributed by atoms with van der Waals surface area (Å²) in [6.45, 7) is 2.34. The predicted molar refractivity (Wildman–Crippen MR) is 114 cm³/mol. The Morgan fingerprint density at radius 3 is 2.46 bits per heavy atom. The average Bonchev–Trinajstić information content (AvgIpc) is 3.01. The fourth-order valence-electron chi connectivity index (χ4n) is 2.98. The Hall–Kier alpha value is -2.56. The minimum Gasteiger partial charge on any atom is -0.488 e. The number of rotatable bonds is 4. The molecule has 0 atom stereocenters. The van der Waals surface area contributed by atoms with Gasteiger partial charge in [0, 0.05) is 15.1 Å². The van der Waals surface area contributed by atoms with Crippen molar-refractivity contribution >= 4 is 39.4 Å². The maximum atomic E-state index is 12.7. The standard InChI is InChI=1S/C23H16BrClO3/c1-14-20(27-13-16-2-6-17(24)7-3-16)11-10-19-22(26)21(28-23(14)19)12-15-4-8-18(25)9-5-15/h2-12H,13H2,1H3/b21-12-. The molecule has 0 radical (unpaired) electrons. The number of allylic oxidation sites excluding steroid dienone is 1. The summed E-state index contributed by atoms with van der Waals surface area (Å²) in [5.74, 6) is 1.42. The van der Waals surface area contributed by atoms with Crippen molar-refractivity contribution in [3.8, 4) is 11.5 Å². The van der Waals surface area contributed by atoms with Crippen molar-refractivity contribution in [2.24, 2.45) is 0 Å². The molecule has 1 heterocycles. The SMILES string of the molecule is Cc1c(OCc2ccc(Br)cc2)ccc2c1O/C(=C\c1ccc(Cl)cc1)C2=O. The van der Waals surface area contributed by atoms with Gasteiger partial charge in [-0.1, -0.05) is 51.8 Å². The average molecular weight is 456 g/mol. The molecule has 0 bridgehead atoms. The molecule has 0 aromatic heterocycles. The third-order valence-electron chi connectivity index (χ3n) is 4.51. The Morgan fingerprint density at radius 2 is 1.75 bits per heavy atom. The zero-order valence-corrected chi connectivity index (χ0v) is 17.4. The van der Waals surface area contributed by atoms with Crippen molar-refractivity contribution < 1.29 is 14.3 Å². The molecule has 0 N–H and O–H groups in total. The predicted octanol–water partition coefficient (Wildman–Crippen LogP) is 6.61. The fourth-order valence-corrected chi connectivity index (χ4v) is 3.37. The lowest BCUT2D eigenvalue weighted by Gasteiger charge is -2.11. The zero-order valence-electron chi connectivity index (χ0n) is 15.0. The van der Waals surface area contributed by atoms with Crippen LogP contribution in [-0.4, -0.2) is 5.78 Å². The van der Waals surface area contributed by atoms with Crippen LogP contribution in [0.5, 0.6) is 11.5 Å². The van der Waals surface area contributed by atoms with Crippen LogP contribution in [0.25, 0.3) is 6.08 Å². The molecule has 140 valence electrons. The number of fused-ring (bicyclic) bond motifs is 1. The van der Waals surface area contributed by atoms with E-state index in [0.29, 0.717) is 34.5 Å². The third-order valence-corrected chi connectivity index (χ3v) is 5.29. The molecule has 3 aromatic rings. The van der Waals surface area contributed by atoms with Gasteiger partial charge in [0.25, 0.3) is 0 Å². The van der Waals surface area contributed by atoms with Gasteiger partial charge in [-0.2, -0.15) is 0 Å². The van der Waals surface area contributed by atoms with Gasteiger partial charge >= 0.3 is 0 Å². The quantitative estimate of drug-likeness (QED) is 0.415. The molecule has 28 heavy (non-hydrogen) atoms. The highest BCUT2D eigenvalue weighted by molar-refractivity contribution is 9.10. The van der Waals surface area contributed by atoms with Crippen molar-refractivity contribution in [2.75, 3.05) is 0 Å². The Bertz CT molecular complexity index is 1070. The second-order valence-electron chi connectivity index (χ2n) is 6.47. The molecule has 5 heteroatoms. The van der Waals surface area contributed by atoms with Crippen LogP contribution in [0.4, 0.5) is 0 Å². The van der Waals surface area contributed by atoms with Crippen LogP contribution in [0.3, 0.4) is 0 Å². The van der Waals surface area contributed by atoms with Crippen molar-refractivity contribution in [2.45, 2.75) is 13.5 Å². The number of ketones is 1. The Morgan fingerprint density at radius 1 is 1.04 bits per heavy atom. The minimum atomic E-state index is -0.132. The summed E-state index contributed by atoms with van der Waals surface area (Å²) in [5.41, 5.74) is 3.27. The first-order valence-electron chi connectivity index (χ1n) is 8.72. The number of hydrogen-bond donors (Lipinski definition) is 0. The number of carbonyl (C=O) groups is 1. The molecule has 0 aliphatic carbocycles. The van der Waals surface area contributed by atoms with E-state index in [1.807, 2.05) is 49.4 Å². The zero-order chi connectivity index (χ0) is 19.7. The Balaban J connectivity index is 1.56. The first-order valence-corrected chi connectivity index (χ1v) is 9.89. The molecule has 3 nitrogen and oxygen atoms in total. The van der Waals surface area contributed by atoms with Crippen LogP contribution < -0.4 is 9.47 Å². The van der Waals surface area contributed by atoms with E-state index < -0.39 is 0 Å². The number of Topliss-reactive ketones (excluding diaryl/α,β-unsaturated/α-hetero) is 1. The Kier molecular flexibility index (Phi) is 5.25. The van der Waals surface area contributed by atoms with Crippen molar-refractivity contribution in [3.05, 3.63) is 98.2 Å². The van der Waals surface area contributed by atoms with E-state index in [0.717, 1.165) is 21.2 Å². The number of ether oxygens (including phenoxy) is 2. The van der Waals surface area contributed by atoms with Crippen LogP contribution in [0, 0.1) is 6.92 Å². The van der Waals surface area contributed by atoms with Crippen LogP contribution in [0.15, 0.2) is 70.9 Å². The van der Waals surface area contributed by atoms with Gasteiger partial charge < -0.3 is 9.47 Å². The summed E-state index contributed by atoms with van der Waals surface area (Å²) in [7, 11) is 0. The van der Waals surface area contributed by atoms with E-state index in [1.54, 1.807) is 24.3 Å². The second-order valence-corrected chi connectivity index (χ2v) is 7.82. The smallest absolute Gasteiger partial charge is 0.231 e. The summed E-state index contributed by atoms with van der Waals surface area (Å²) in [6, 6.07) is 18.8. The van der Waals surface area contributed by atoms with E-state index in [-0.39, 0.29) is 5.78 Å². The van der Waals surface area contributed by atoms with E-state index in [1.165, 1.54) is 0 Å². The molecular weight excluding hydrogens is 440 g/mol. The first kappa shape index (κ1) is 18.8. The highest BCUT2D eigenvalue weighted by Crippen LogP contribution is 2.39. The lowest BCUT2D eigenvalue weighted by atomic mass is 10.1. The maximum Gasteiger partial charge on any atom is 0.231 e. The Labute approximate surface area is 176 Å². The summed E-state index contributed by atoms with van der Waals surface area (Å²) in [4.78, 5) is 12.7. The van der Waals surface area contributed by atoms with Gasteiger partial charge in [-0.25, -0.2) is 0 Å². The summed E-state index contributed by atoms with van der Waals surface area (Å²) < 4.78 is 12.9. The molecule has 1 aliphatic rings. The number of hydrogen-bond acceptors (Lipinski definition) is 3. The summed E-state index contributed by atoms with van der Waals surface area (Å²) >= 11 is 9.34. The highest BCUT2D eigenvalue weighted by Gasteiger charge is 2.30. The molecule has 1 aliphatic heterocycles. The van der Waals surface area contributed by atoms with Gasteiger partial charge in [-0.15, -0.1) is 0 Å². The molecule has 0 saturated heterocycles. The van der Waals surface area contributed by atoms with Crippen molar-refractivity contribution in [3.63, 3.8) is 0 Å². The van der Waals surface area contributed by atoms with E-state index in [9.17, 15) is 4.79 Å². The second kappa shape index (κ2) is 7.82. The van der Waals surface area contributed by atoms with Crippen LogP contribution >= 0.6 is 27.5 Å². The normalized spacial score (nSPS) is 14.1. The van der Waals surface area contributed by atoms with Gasteiger partial charge in [0.05, 0.1) is 5.56 Å². The topological polar surface area (TPSA) is 35.5 Å². The van der Waals surface area contributed by atoms with Crippen LogP contribution in [-0.2, 0) is 6.61 Å². The molecule has 0 spiro atoms. The first-order chi connectivity index (χ1) is 13.5. The van der Waals surface area contributed by atoms with E-state index in [4.69, 9.17) is 21.1 Å². The summed E-state index contributed by atoms with van der Waals surface area (Å²) in [5, 5.41) is 0.646. The van der Waals surface area contributed by atoms with Gasteiger partial charge in [-0.3, -0.25) is 4.79 Å². The number of halogens is 2. The fraction of sp³-hybridized carbons (Fsp3) is 0.0870. The monoisotopic (exact) mass is 454 g/mol. The molecule has 3 aromatic carbocycles. The molecule has 4 rings (SSSR count). The molecule has 0 unspecified atom stereocenters. The van der Waals surface area contributed by atoms with Gasteiger partial charge in [-0.05, 0) is 60.5 Å². The molecular formula is C23H16BrClO3.